The summed E-state index contributed by atoms with van der Waals surface area (Å²) < 4.78 is 10.7. The first-order valence-corrected chi connectivity index (χ1v) is 6.77. The molecule has 0 unspecified atom stereocenters. The lowest BCUT2D eigenvalue weighted by Crippen LogP contribution is -2.48. The Kier molecular flexibility index (Phi) is 7.98. The number of ether oxygens (including phenoxy) is 2. The van der Waals surface area contributed by atoms with Crippen molar-refractivity contribution in [1.29, 1.82) is 0 Å². The Morgan fingerprint density at radius 3 is 2.45 bits per heavy atom. The molecular weight excluding hydrogens is 304 g/mol. The van der Waals surface area contributed by atoms with Crippen LogP contribution in [0.5, 0.6) is 11.5 Å². The Bertz CT molecular complexity index is 530. The van der Waals surface area contributed by atoms with E-state index in [-0.39, 0.29) is 18.3 Å². The van der Waals surface area contributed by atoms with Crippen LogP contribution in [0.25, 0.3) is 0 Å². The molecule has 124 valence electrons. The van der Waals surface area contributed by atoms with E-state index >= 15 is 0 Å². The van der Waals surface area contributed by atoms with Crippen molar-refractivity contribution < 1.29 is 14.3 Å². The predicted octanol–water partition coefficient (Wildman–Crippen LogP) is 2.32. The zero-order chi connectivity index (χ0) is 16.0. The Balaban J connectivity index is 0.00000441. The minimum Gasteiger partial charge on any atom is -0.493 e. The van der Waals surface area contributed by atoms with Gasteiger partial charge < -0.3 is 20.5 Å². The molecule has 3 N–H and O–H groups in total. The first kappa shape index (κ1) is 20.3. The smallest absolute Gasteiger partial charge is 0.251 e. The summed E-state index contributed by atoms with van der Waals surface area (Å²) in [5, 5.41) is 2.89. The van der Waals surface area contributed by atoms with Crippen LogP contribution in [-0.4, -0.2) is 32.2 Å². The average molecular weight is 329 g/mol. The Labute approximate surface area is 138 Å². The van der Waals surface area contributed by atoms with Crippen LogP contribution in [0.1, 0.15) is 29.8 Å². The van der Waals surface area contributed by atoms with Gasteiger partial charge in [-0.3, -0.25) is 4.79 Å². The standard InChI is InChI=1S/C16H24N2O3.ClH/c1-6-7-11-8-12(9-13(20-4)14(11)21-5)15(19)18-16(2,3)10-17;/h6,8-9H,1,7,10,17H2,2-5H3,(H,18,19);1H. The number of rotatable bonds is 7. The zero-order valence-corrected chi connectivity index (χ0v) is 14.4. The third kappa shape index (κ3) is 4.93. The van der Waals surface area contributed by atoms with E-state index in [2.05, 4.69) is 11.9 Å². The number of carbonyl (C=O) groups excluding carboxylic acids is 1. The summed E-state index contributed by atoms with van der Waals surface area (Å²) in [6.07, 6.45) is 2.34. The van der Waals surface area contributed by atoms with Crippen molar-refractivity contribution in [1.82, 2.24) is 5.32 Å². The normalized spacial score (nSPS) is 10.4. The van der Waals surface area contributed by atoms with Crippen LogP contribution >= 0.6 is 12.4 Å². The number of nitrogens with two attached hydrogens (primary N) is 1. The molecule has 0 spiro atoms. The number of hydrogen-bond donors (Lipinski definition) is 2. The number of methoxy groups -OCH3 is 2. The van der Waals surface area contributed by atoms with Crippen LogP contribution < -0.4 is 20.5 Å². The summed E-state index contributed by atoms with van der Waals surface area (Å²) in [4.78, 5) is 12.4. The minimum absolute atomic E-state index is 0. The lowest BCUT2D eigenvalue weighted by Gasteiger charge is -2.24. The van der Waals surface area contributed by atoms with Crippen LogP contribution in [0.4, 0.5) is 0 Å². The molecule has 1 rings (SSSR count). The van der Waals surface area contributed by atoms with Crippen molar-refractivity contribution >= 4 is 18.3 Å². The fourth-order valence-electron chi connectivity index (χ4n) is 1.91. The van der Waals surface area contributed by atoms with E-state index in [4.69, 9.17) is 15.2 Å². The van der Waals surface area contributed by atoms with Crippen molar-refractivity contribution in [3.63, 3.8) is 0 Å². The molecular formula is C16H25ClN2O3. The molecule has 1 amide bonds. The highest BCUT2D eigenvalue weighted by Gasteiger charge is 2.21. The van der Waals surface area contributed by atoms with E-state index in [1.54, 1.807) is 32.4 Å². The topological polar surface area (TPSA) is 73.6 Å². The van der Waals surface area contributed by atoms with Gasteiger partial charge in [-0.1, -0.05) is 6.08 Å². The second-order valence-electron chi connectivity index (χ2n) is 5.41. The highest BCUT2D eigenvalue weighted by Crippen LogP contribution is 2.33. The minimum atomic E-state index is -0.469. The molecule has 0 aliphatic heterocycles. The summed E-state index contributed by atoms with van der Waals surface area (Å²) >= 11 is 0. The van der Waals surface area contributed by atoms with Crippen LogP contribution in [0.15, 0.2) is 24.8 Å². The number of benzene rings is 1. The Morgan fingerprint density at radius 1 is 1.36 bits per heavy atom. The van der Waals surface area contributed by atoms with E-state index in [1.165, 1.54) is 0 Å². The van der Waals surface area contributed by atoms with Crippen molar-refractivity contribution in [2.24, 2.45) is 5.73 Å². The van der Waals surface area contributed by atoms with Gasteiger partial charge in [0.05, 0.1) is 14.2 Å². The molecule has 1 aromatic rings. The SMILES string of the molecule is C=CCc1cc(C(=O)NC(C)(C)CN)cc(OC)c1OC.Cl. The van der Waals surface area contributed by atoms with Crippen LogP contribution in [-0.2, 0) is 6.42 Å². The molecule has 0 fully saturated rings. The zero-order valence-electron chi connectivity index (χ0n) is 13.6. The molecule has 0 radical (unpaired) electrons. The van der Waals surface area contributed by atoms with Gasteiger partial charge in [-0.2, -0.15) is 0 Å². The molecule has 0 aromatic heterocycles. The molecule has 0 aliphatic rings. The first-order chi connectivity index (χ1) is 9.88. The maximum atomic E-state index is 12.4. The second-order valence-corrected chi connectivity index (χ2v) is 5.41. The van der Waals surface area contributed by atoms with Gasteiger partial charge >= 0.3 is 0 Å². The van der Waals surface area contributed by atoms with E-state index < -0.39 is 5.54 Å². The Morgan fingerprint density at radius 2 is 2.00 bits per heavy atom. The van der Waals surface area contributed by atoms with Crippen molar-refractivity contribution in [3.05, 3.63) is 35.9 Å². The van der Waals surface area contributed by atoms with Gasteiger partial charge in [0.15, 0.2) is 11.5 Å². The maximum absolute atomic E-state index is 12.4. The molecule has 1 aromatic carbocycles. The highest BCUT2D eigenvalue weighted by molar-refractivity contribution is 5.95. The lowest BCUT2D eigenvalue weighted by molar-refractivity contribution is 0.0915. The first-order valence-electron chi connectivity index (χ1n) is 6.77. The number of hydrogen-bond acceptors (Lipinski definition) is 4. The lowest BCUT2D eigenvalue weighted by atomic mass is 10.0. The summed E-state index contributed by atoms with van der Waals surface area (Å²) in [6, 6.07) is 3.44. The summed E-state index contributed by atoms with van der Waals surface area (Å²) in [7, 11) is 3.11. The fourth-order valence-corrected chi connectivity index (χ4v) is 1.91. The van der Waals surface area contributed by atoms with Crippen LogP contribution in [0.2, 0.25) is 0 Å². The molecule has 0 heterocycles. The molecule has 0 aliphatic carbocycles. The maximum Gasteiger partial charge on any atom is 0.251 e. The summed E-state index contributed by atoms with van der Waals surface area (Å²) in [5.41, 5.74) is 6.53. The van der Waals surface area contributed by atoms with Gasteiger partial charge in [-0.25, -0.2) is 0 Å². The van der Waals surface area contributed by atoms with E-state index in [9.17, 15) is 4.79 Å². The molecule has 22 heavy (non-hydrogen) atoms. The third-order valence-electron chi connectivity index (χ3n) is 3.14. The summed E-state index contributed by atoms with van der Waals surface area (Å²) in [6.45, 7) is 7.82. The number of nitrogens with one attached hydrogen (secondary N) is 1. The molecule has 5 nitrogen and oxygen atoms in total. The van der Waals surface area contributed by atoms with Crippen molar-refractivity contribution in [2.45, 2.75) is 25.8 Å². The molecule has 0 atom stereocenters. The number of carbonyl (C=O) groups is 1. The molecule has 0 saturated carbocycles. The van der Waals surface area contributed by atoms with Crippen molar-refractivity contribution in [3.8, 4) is 11.5 Å². The van der Waals surface area contributed by atoms with E-state index in [0.29, 0.717) is 30.0 Å². The van der Waals surface area contributed by atoms with Crippen LogP contribution in [0, 0.1) is 0 Å². The number of allylic oxidation sites excluding steroid dienone is 1. The third-order valence-corrected chi connectivity index (χ3v) is 3.14. The van der Waals surface area contributed by atoms with Gasteiger partial charge in [-0.05, 0) is 32.4 Å². The average Bonchev–Trinajstić information content (AvgIpc) is 2.46. The predicted molar refractivity (Wildman–Crippen MR) is 91.3 cm³/mol. The number of halogens is 1. The molecule has 6 heteroatoms. The second kappa shape index (κ2) is 8.66. The monoisotopic (exact) mass is 328 g/mol. The quantitative estimate of drug-likeness (QED) is 0.753. The van der Waals surface area contributed by atoms with Gasteiger partial charge in [0.25, 0.3) is 5.91 Å². The molecule has 0 bridgehead atoms. The van der Waals surface area contributed by atoms with Crippen LogP contribution in [0.3, 0.4) is 0 Å². The number of amides is 1. The van der Waals surface area contributed by atoms with Gasteiger partial charge in [0.1, 0.15) is 0 Å². The van der Waals surface area contributed by atoms with E-state index in [1.807, 2.05) is 13.8 Å². The Hall–Kier alpha value is -1.72. The highest BCUT2D eigenvalue weighted by atomic mass is 35.5. The fraction of sp³-hybridized carbons (Fsp3) is 0.438. The molecule has 0 saturated heterocycles. The van der Waals surface area contributed by atoms with Crippen molar-refractivity contribution in [2.75, 3.05) is 20.8 Å². The van der Waals surface area contributed by atoms with Gasteiger partial charge in [0.2, 0.25) is 0 Å². The van der Waals surface area contributed by atoms with Gasteiger partial charge in [0, 0.05) is 23.2 Å². The summed E-state index contributed by atoms with van der Waals surface area (Å²) in [5.74, 6) is 0.941. The van der Waals surface area contributed by atoms with E-state index in [0.717, 1.165) is 5.56 Å². The largest absolute Gasteiger partial charge is 0.493 e. The van der Waals surface area contributed by atoms with Gasteiger partial charge in [-0.15, -0.1) is 19.0 Å².